The zero-order chi connectivity index (χ0) is 9.19. The highest BCUT2D eigenvalue weighted by Crippen LogP contribution is 2.40. The highest BCUT2D eigenvalue weighted by Gasteiger charge is 2.34. The minimum Gasteiger partial charge on any atom is -0.300 e. The van der Waals surface area contributed by atoms with Gasteiger partial charge < -0.3 is 0 Å². The molecule has 1 aliphatic rings. The number of carbonyl (C=O) groups excluding carboxylic acids is 1. The maximum atomic E-state index is 11.2. The van der Waals surface area contributed by atoms with Crippen molar-refractivity contribution < 1.29 is 4.79 Å². The van der Waals surface area contributed by atoms with Gasteiger partial charge in [-0.15, -0.1) is 12.3 Å². The average molecular weight is 164 g/mol. The molecule has 66 valence electrons. The fraction of sp³-hybridized carbons (Fsp3) is 0.727. The summed E-state index contributed by atoms with van der Waals surface area (Å²) >= 11 is 0. The van der Waals surface area contributed by atoms with Gasteiger partial charge in [0.25, 0.3) is 0 Å². The molecule has 1 unspecified atom stereocenters. The Kier molecular flexibility index (Phi) is 2.57. The maximum Gasteiger partial charge on any atom is 0.133 e. The van der Waals surface area contributed by atoms with Crippen molar-refractivity contribution in [1.82, 2.24) is 0 Å². The van der Waals surface area contributed by atoms with Crippen LogP contribution in [0.5, 0.6) is 0 Å². The smallest absolute Gasteiger partial charge is 0.133 e. The van der Waals surface area contributed by atoms with Gasteiger partial charge in [-0.2, -0.15) is 0 Å². The van der Waals surface area contributed by atoms with Gasteiger partial charge in [0.05, 0.1) is 0 Å². The molecule has 1 fully saturated rings. The van der Waals surface area contributed by atoms with Crippen LogP contribution in [0.3, 0.4) is 0 Å². The molecular formula is C11H16O. The molecule has 1 rings (SSSR count). The molecular weight excluding hydrogens is 148 g/mol. The van der Waals surface area contributed by atoms with E-state index in [0.717, 1.165) is 19.3 Å². The van der Waals surface area contributed by atoms with E-state index in [9.17, 15) is 4.79 Å². The van der Waals surface area contributed by atoms with Gasteiger partial charge in [-0.05, 0) is 17.8 Å². The van der Waals surface area contributed by atoms with E-state index in [1.54, 1.807) is 0 Å². The van der Waals surface area contributed by atoms with E-state index in [1.165, 1.54) is 0 Å². The van der Waals surface area contributed by atoms with Gasteiger partial charge in [-0.3, -0.25) is 4.79 Å². The van der Waals surface area contributed by atoms with Crippen molar-refractivity contribution in [3.05, 3.63) is 0 Å². The molecule has 1 saturated carbocycles. The van der Waals surface area contributed by atoms with E-state index >= 15 is 0 Å². The maximum absolute atomic E-state index is 11.2. The summed E-state index contributed by atoms with van der Waals surface area (Å²) in [6.45, 7) is 4.42. The second-order valence-corrected chi connectivity index (χ2v) is 4.34. The van der Waals surface area contributed by atoms with Crippen LogP contribution in [0.2, 0.25) is 0 Å². The van der Waals surface area contributed by atoms with Gasteiger partial charge in [-0.25, -0.2) is 0 Å². The Labute approximate surface area is 74.5 Å². The number of rotatable bonds is 1. The summed E-state index contributed by atoms with van der Waals surface area (Å²) in [5.41, 5.74) is 0.264. The number of hydrogen-bond donors (Lipinski definition) is 0. The first kappa shape index (κ1) is 9.32. The molecule has 0 aliphatic heterocycles. The van der Waals surface area contributed by atoms with Gasteiger partial charge in [0, 0.05) is 19.3 Å². The van der Waals surface area contributed by atoms with Crippen molar-refractivity contribution in [2.24, 2.45) is 11.3 Å². The number of carbonyl (C=O) groups is 1. The molecule has 1 aliphatic carbocycles. The molecule has 12 heavy (non-hydrogen) atoms. The molecule has 0 aromatic rings. The Balaban J connectivity index is 2.66. The third-order valence-electron chi connectivity index (χ3n) is 2.99. The van der Waals surface area contributed by atoms with Gasteiger partial charge >= 0.3 is 0 Å². The first-order valence-corrected chi connectivity index (χ1v) is 4.51. The second-order valence-electron chi connectivity index (χ2n) is 4.34. The van der Waals surface area contributed by atoms with Gasteiger partial charge in [0.15, 0.2) is 0 Å². The molecule has 0 spiro atoms. The summed E-state index contributed by atoms with van der Waals surface area (Å²) in [7, 11) is 0. The SMILES string of the molecule is C#CCC1CC(=O)CCC1(C)C. The van der Waals surface area contributed by atoms with Crippen molar-refractivity contribution >= 4 is 5.78 Å². The lowest BCUT2D eigenvalue weighted by atomic mass is 9.67. The highest BCUT2D eigenvalue weighted by atomic mass is 16.1. The molecule has 0 amide bonds. The number of hydrogen-bond acceptors (Lipinski definition) is 1. The van der Waals surface area contributed by atoms with E-state index in [0.29, 0.717) is 18.1 Å². The minimum atomic E-state index is 0.264. The molecule has 0 aromatic heterocycles. The van der Waals surface area contributed by atoms with Crippen LogP contribution in [0.1, 0.15) is 39.5 Å². The van der Waals surface area contributed by atoms with Crippen molar-refractivity contribution in [1.29, 1.82) is 0 Å². The third-order valence-corrected chi connectivity index (χ3v) is 2.99. The van der Waals surface area contributed by atoms with Crippen LogP contribution in [0, 0.1) is 23.7 Å². The predicted octanol–water partition coefficient (Wildman–Crippen LogP) is 2.41. The molecule has 0 heterocycles. The molecule has 0 radical (unpaired) electrons. The van der Waals surface area contributed by atoms with Crippen LogP contribution in [-0.2, 0) is 4.79 Å². The van der Waals surface area contributed by atoms with Crippen LogP contribution in [0.25, 0.3) is 0 Å². The monoisotopic (exact) mass is 164 g/mol. The quantitative estimate of drug-likeness (QED) is 0.544. The van der Waals surface area contributed by atoms with E-state index in [4.69, 9.17) is 6.42 Å². The molecule has 0 bridgehead atoms. The van der Waals surface area contributed by atoms with Crippen LogP contribution < -0.4 is 0 Å². The normalized spacial score (nSPS) is 28.1. The largest absolute Gasteiger partial charge is 0.300 e. The lowest BCUT2D eigenvalue weighted by Gasteiger charge is -2.36. The summed E-state index contributed by atoms with van der Waals surface area (Å²) in [5.74, 6) is 3.45. The standard InChI is InChI=1S/C11H16O/c1-4-5-9-8-10(12)6-7-11(9,2)3/h1,9H,5-8H2,2-3H3. The van der Waals surface area contributed by atoms with Crippen molar-refractivity contribution in [3.8, 4) is 12.3 Å². The average Bonchev–Trinajstić information content (AvgIpc) is 1.98. The molecule has 0 saturated heterocycles. The number of Topliss-reactive ketones (excluding diaryl/α,β-unsaturated/α-hetero) is 1. The Bertz CT molecular complexity index is 220. The van der Waals surface area contributed by atoms with E-state index < -0.39 is 0 Å². The van der Waals surface area contributed by atoms with Crippen LogP contribution in [0.4, 0.5) is 0 Å². The lowest BCUT2D eigenvalue weighted by Crippen LogP contribution is -2.31. The van der Waals surface area contributed by atoms with Gasteiger partial charge in [-0.1, -0.05) is 13.8 Å². The Morgan fingerprint density at radius 2 is 2.33 bits per heavy atom. The lowest BCUT2D eigenvalue weighted by molar-refractivity contribution is -0.124. The number of terminal acetylenes is 1. The second kappa shape index (κ2) is 3.31. The summed E-state index contributed by atoms with van der Waals surface area (Å²) in [6, 6.07) is 0. The Morgan fingerprint density at radius 1 is 1.67 bits per heavy atom. The van der Waals surface area contributed by atoms with Crippen molar-refractivity contribution in [3.63, 3.8) is 0 Å². The van der Waals surface area contributed by atoms with Crippen LogP contribution in [-0.4, -0.2) is 5.78 Å². The summed E-state index contributed by atoms with van der Waals surface area (Å²) < 4.78 is 0. The van der Waals surface area contributed by atoms with Crippen molar-refractivity contribution in [2.75, 3.05) is 0 Å². The number of ketones is 1. The van der Waals surface area contributed by atoms with E-state index in [1.807, 2.05) is 0 Å². The molecule has 0 aromatic carbocycles. The molecule has 0 N–H and O–H groups in total. The van der Waals surface area contributed by atoms with Gasteiger partial charge in [0.2, 0.25) is 0 Å². The summed E-state index contributed by atoms with van der Waals surface area (Å²) in [4.78, 5) is 11.2. The molecule has 1 heteroatoms. The van der Waals surface area contributed by atoms with E-state index in [-0.39, 0.29) is 5.41 Å². The fourth-order valence-corrected chi connectivity index (χ4v) is 1.81. The Morgan fingerprint density at radius 3 is 2.92 bits per heavy atom. The topological polar surface area (TPSA) is 17.1 Å². The zero-order valence-electron chi connectivity index (χ0n) is 7.89. The minimum absolute atomic E-state index is 0.264. The van der Waals surface area contributed by atoms with E-state index in [2.05, 4.69) is 19.8 Å². The first-order chi connectivity index (χ1) is 5.56. The summed E-state index contributed by atoms with van der Waals surface area (Å²) in [5, 5.41) is 0. The third kappa shape index (κ3) is 1.88. The highest BCUT2D eigenvalue weighted by molar-refractivity contribution is 5.79. The fourth-order valence-electron chi connectivity index (χ4n) is 1.81. The van der Waals surface area contributed by atoms with Gasteiger partial charge in [0.1, 0.15) is 5.78 Å². The molecule has 1 atom stereocenters. The van der Waals surface area contributed by atoms with Crippen molar-refractivity contribution in [2.45, 2.75) is 39.5 Å². The predicted molar refractivity (Wildman–Crippen MR) is 49.6 cm³/mol. The zero-order valence-corrected chi connectivity index (χ0v) is 7.89. The summed E-state index contributed by atoms with van der Waals surface area (Å²) in [6.07, 6.45) is 8.45. The van der Waals surface area contributed by atoms with Crippen LogP contribution in [0.15, 0.2) is 0 Å². The Hall–Kier alpha value is -0.770. The van der Waals surface area contributed by atoms with Crippen LogP contribution >= 0.6 is 0 Å². The molecule has 1 nitrogen and oxygen atoms in total. The first-order valence-electron chi connectivity index (χ1n) is 4.51.